The molecule has 1 spiro atoms. The van der Waals surface area contributed by atoms with Crippen molar-refractivity contribution in [2.24, 2.45) is 23.5 Å². The van der Waals surface area contributed by atoms with Gasteiger partial charge in [0.1, 0.15) is 55.0 Å². The Morgan fingerprint density at radius 2 is 1.46 bits per heavy atom. The van der Waals surface area contributed by atoms with Gasteiger partial charge >= 0.3 is 12.1 Å². The van der Waals surface area contributed by atoms with Crippen molar-refractivity contribution in [3.63, 3.8) is 0 Å². The highest BCUT2D eigenvalue weighted by molar-refractivity contribution is 6.12. The van der Waals surface area contributed by atoms with Crippen LogP contribution in [0.2, 0.25) is 0 Å². The van der Waals surface area contributed by atoms with Gasteiger partial charge in [-0.3, -0.25) is 33.7 Å². The lowest BCUT2D eigenvalue weighted by Gasteiger charge is -2.47. The van der Waals surface area contributed by atoms with E-state index in [0.29, 0.717) is 43.4 Å². The van der Waals surface area contributed by atoms with E-state index in [4.69, 9.17) is 62.6 Å². The minimum absolute atomic E-state index is 0.00733. The van der Waals surface area contributed by atoms with E-state index in [1.54, 1.807) is 45.2 Å². The highest BCUT2D eigenvalue weighted by Gasteiger charge is 2.69. The van der Waals surface area contributed by atoms with Crippen LogP contribution in [-0.2, 0) is 92.2 Å². The normalized spacial score (nSPS) is 34.4. The zero-order valence-electron chi connectivity index (χ0n) is 56.6. The molecule has 12 bridgehead atoms. The molecule has 21 atom stereocenters. The van der Waals surface area contributed by atoms with Crippen LogP contribution in [0.4, 0.5) is 15.3 Å². The first-order valence-electron chi connectivity index (χ1n) is 35.1. The third-order valence-corrected chi connectivity index (χ3v) is 20.9. The number of urea groups is 1. The molecule has 0 aliphatic carbocycles. The van der Waals surface area contributed by atoms with Gasteiger partial charge in [0.05, 0.1) is 100 Å². The molecule has 1 aromatic rings. The Bertz CT molecular complexity index is 3060. The molecule has 28 heteroatoms. The summed E-state index contributed by atoms with van der Waals surface area (Å²) in [5.41, 5.74) is 8.22. The lowest BCUT2D eigenvalue weighted by molar-refractivity contribution is -0.292. The van der Waals surface area contributed by atoms with Crippen molar-refractivity contribution < 1.29 is 100 Å². The van der Waals surface area contributed by atoms with Crippen molar-refractivity contribution in [1.29, 1.82) is 0 Å². The average Bonchev–Trinajstić information content (AvgIpc) is 1.55. The molecular weight excluding hydrogens is 1270 g/mol. The van der Waals surface area contributed by atoms with Gasteiger partial charge in [0.25, 0.3) is 11.8 Å². The van der Waals surface area contributed by atoms with Crippen LogP contribution in [0.15, 0.2) is 60.7 Å². The number of nitrogens with two attached hydrogens (primary N) is 1. The highest BCUT2D eigenvalue weighted by Crippen LogP contribution is 2.54. The Kier molecular flexibility index (Phi) is 24.6. The van der Waals surface area contributed by atoms with E-state index >= 15 is 0 Å². The van der Waals surface area contributed by atoms with Crippen molar-refractivity contribution in [2.75, 3.05) is 58.5 Å². The number of anilines is 1. The van der Waals surface area contributed by atoms with E-state index in [0.717, 1.165) is 48.2 Å². The van der Waals surface area contributed by atoms with Crippen LogP contribution >= 0.6 is 0 Å². The molecular formula is C70H99N7O21. The van der Waals surface area contributed by atoms with Crippen molar-refractivity contribution in [3.05, 3.63) is 66.3 Å². The molecule has 0 saturated carbocycles. The molecule has 8 N–H and O–H groups in total. The van der Waals surface area contributed by atoms with Gasteiger partial charge in [-0.15, -0.1) is 0 Å². The van der Waals surface area contributed by atoms with E-state index in [9.17, 15) is 43.5 Å². The summed E-state index contributed by atoms with van der Waals surface area (Å²) in [5, 5.41) is 25.0. The number of nitrogens with zero attached hydrogens (tertiary/aromatic N) is 1. The second kappa shape index (κ2) is 33.0. The number of carbonyl (C=O) groups excluding carboxylic acids is 8. The Morgan fingerprint density at radius 1 is 0.745 bits per heavy atom. The van der Waals surface area contributed by atoms with E-state index in [-0.39, 0.29) is 170 Å². The lowest BCUT2D eigenvalue weighted by Crippen LogP contribution is -2.61. The molecule has 11 aliphatic heterocycles. The van der Waals surface area contributed by atoms with Gasteiger partial charge in [0.2, 0.25) is 17.7 Å². The van der Waals surface area contributed by atoms with E-state index in [1.165, 1.54) is 12.2 Å². The van der Waals surface area contributed by atoms with Gasteiger partial charge in [-0.2, -0.15) is 0 Å². The quantitative estimate of drug-likeness (QED) is 0.0394. The Labute approximate surface area is 571 Å². The second-order valence-corrected chi connectivity index (χ2v) is 28.3. The fraction of sp³-hybridized carbons (Fsp3) is 0.714. The number of amides is 8. The van der Waals surface area contributed by atoms with Crippen molar-refractivity contribution >= 4 is 53.1 Å². The van der Waals surface area contributed by atoms with Gasteiger partial charge in [-0.05, 0) is 98.5 Å². The molecule has 11 heterocycles. The lowest BCUT2D eigenvalue weighted by atomic mass is 9.81. The summed E-state index contributed by atoms with van der Waals surface area (Å²) in [6, 6.07) is 3.60. The molecule has 12 rings (SSSR count). The molecule has 21 unspecified atom stereocenters. The van der Waals surface area contributed by atoms with Gasteiger partial charge < -0.3 is 94.3 Å². The number of primary amides is 1. The molecule has 10 saturated heterocycles. The first-order chi connectivity index (χ1) is 47.1. The number of hydrogen-bond acceptors (Lipinski definition) is 21. The Balaban J connectivity index is 0.658. The highest BCUT2D eigenvalue weighted by atomic mass is 16.8. The van der Waals surface area contributed by atoms with Crippen LogP contribution in [0.3, 0.4) is 0 Å². The molecule has 0 aromatic heterocycles. The standard InChI is InChI=1S/C70H99N7O21/c1-37(2)59(76-56(80)20-24-88-26-27-89-25-23-77-57(81)17-18-58(77)82)67(84)75-49(8-7-22-72-68(71)85)66(83)74-42-11-9-41(10-12-42)36-90-69(86)73-35-44(79)32-54-60(87-6)48-31-43(78)30-46-14-16-51-61(93-46)65-64-63(95-51)62-55(96-64)34-70(97-62,98-65)21-19-47-29-39(4)50(91-47)15-13-45-28-38(3)40(5)52(92-45)33-53(48)94-54/h9-12,17-18,37-38,44-55,59-65,79H,4-5,7-8,13-16,19-36H2,1-3,6H3,(H,73,86)(H,74,83)(H,75,84)(H,76,80)(H3,71,72,85). The fourth-order valence-electron chi connectivity index (χ4n) is 15.7. The van der Waals surface area contributed by atoms with E-state index in [2.05, 4.69) is 46.7 Å². The number of rotatable bonds is 26. The summed E-state index contributed by atoms with van der Waals surface area (Å²) in [6.07, 6.45) is 3.08. The summed E-state index contributed by atoms with van der Waals surface area (Å²) in [5.74, 6) is -3.98. The number of imide groups is 1. The number of fused-ring (bicyclic) bond motifs is 6. The van der Waals surface area contributed by atoms with Gasteiger partial charge in [-0.25, -0.2) is 9.59 Å². The minimum Gasteiger partial charge on any atom is -0.445 e. The number of alkyl carbamates (subject to hydrolysis) is 1. The summed E-state index contributed by atoms with van der Waals surface area (Å²) < 4.78 is 77.3. The van der Waals surface area contributed by atoms with Crippen molar-refractivity contribution in [1.82, 2.24) is 26.2 Å². The number of aliphatic hydroxyl groups is 1. The predicted molar refractivity (Wildman–Crippen MR) is 348 cm³/mol. The van der Waals surface area contributed by atoms with Crippen LogP contribution in [0.25, 0.3) is 0 Å². The number of ketones is 1. The molecule has 28 nitrogen and oxygen atoms in total. The first kappa shape index (κ1) is 73.0. The molecule has 98 heavy (non-hydrogen) atoms. The summed E-state index contributed by atoms with van der Waals surface area (Å²) in [7, 11) is 1.58. The molecule has 1 aromatic carbocycles. The monoisotopic (exact) mass is 1370 g/mol. The summed E-state index contributed by atoms with van der Waals surface area (Å²) >= 11 is 0. The largest absolute Gasteiger partial charge is 0.445 e. The SMILES string of the molecule is C=C1CC2CCC34CC5OC6C(OC7CCC(CC(=O)CC8C(CC9OC(CCC1O2)CC(C)C9=C)OC(CC(O)CNC(=O)OCc1ccc(NC(=O)C(CCCNC(N)=O)NC(=O)C(NC(=O)CCOCCOCCN2C(=O)C=CC2=O)C(C)C)cc1)C8OC)OC7C6O3)C5O4. The zero-order chi connectivity index (χ0) is 69.4. The maximum absolute atomic E-state index is 14.5. The first-order valence-corrected chi connectivity index (χ1v) is 35.1. The van der Waals surface area contributed by atoms with Gasteiger partial charge in [-0.1, -0.05) is 46.1 Å². The number of nitrogens with one attached hydrogen (secondary N) is 5. The zero-order valence-corrected chi connectivity index (χ0v) is 56.6. The number of methoxy groups -OCH3 is 1. The maximum Gasteiger partial charge on any atom is 0.407 e. The van der Waals surface area contributed by atoms with Crippen LogP contribution in [0.5, 0.6) is 0 Å². The van der Waals surface area contributed by atoms with Gasteiger partial charge in [0.15, 0.2) is 5.79 Å². The predicted octanol–water partition coefficient (Wildman–Crippen LogP) is 3.77. The van der Waals surface area contributed by atoms with E-state index in [1.807, 2.05) is 0 Å². The number of ether oxygens (including phenoxy) is 12. The number of benzene rings is 1. The molecule has 0 radical (unpaired) electrons. The number of aliphatic hydroxyl groups excluding tert-OH is 1. The maximum atomic E-state index is 14.5. The molecule has 540 valence electrons. The van der Waals surface area contributed by atoms with Gasteiger partial charge in [0, 0.05) is 88.9 Å². The number of hydrogen-bond donors (Lipinski definition) is 7. The van der Waals surface area contributed by atoms with Crippen LogP contribution in [-0.4, -0.2) is 226 Å². The van der Waals surface area contributed by atoms with Crippen molar-refractivity contribution in [3.8, 4) is 0 Å². The summed E-state index contributed by atoms with van der Waals surface area (Å²) in [4.78, 5) is 104. The fourth-order valence-corrected chi connectivity index (χ4v) is 15.7. The summed E-state index contributed by atoms with van der Waals surface area (Å²) in [6.45, 7) is 14.9. The molecule has 11 aliphatic rings. The molecule has 10 fully saturated rings. The van der Waals surface area contributed by atoms with Crippen LogP contribution in [0, 0.1) is 17.8 Å². The smallest absolute Gasteiger partial charge is 0.407 e. The number of Topliss-reactive ketones (excluding diaryl/α,β-unsaturated/α-hetero) is 1. The van der Waals surface area contributed by atoms with Crippen LogP contribution in [0.1, 0.15) is 129 Å². The Hall–Kier alpha value is -6.28. The topological polar surface area (TPSA) is 357 Å². The molecule has 8 amide bonds. The van der Waals surface area contributed by atoms with Crippen molar-refractivity contribution in [2.45, 2.75) is 246 Å². The second-order valence-electron chi connectivity index (χ2n) is 28.3. The number of carbonyl (C=O) groups is 8. The van der Waals surface area contributed by atoms with Crippen LogP contribution < -0.4 is 32.3 Å². The Morgan fingerprint density at radius 3 is 2.21 bits per heavy atom. The third kappa shape index (κ3) is 18.1. The van der Waals surface area contributed by atoms with E-state index < -0.39 is 102 Å². The third-order valence-electron chi connectivity index (χ3n) is 20.9. The average molecular weight is 1370 g/mol. The minimum atomic E-state index is -1.11.